The first-order chi connectivity index (χ1) is 8.60. The van der Waals surface area contributed by atoms with Gasteiger partial charge in [0, 0.05) is 11.3 Å². The standard InChI is InChI=1S/C15H19N3/c1-10-5-6-13(11(2)7-10)14-8-12(3)17-15(18-14)9-16-4/h5-8,16H,9H2,1-4H3. The van der Waals surface area contributed by atoms with Crippen LogP contribution in [0.25, 0.3) is 11.3 Å². The van der Waals surface area contributed by atoms with Crippen LogP contribution in [0.3, 0.4) is 0 Å². The van der Waals surface area contributed by atoms with Crippen LogP contribution in [0.1, 0.15) is 22.6 Å². The van der Waals surface area contributed by atoms with Crippen molar-refractivity contribution >= 4 is 0 Å². The van der Waals surface area contributed by atoms with Gasteiger partial charge in [-0.1, -0.05) is 23.8 Å². The Hall–Kier alpha value is -1.74. The monoisotopic (exact) mass is 241 g/mol. The van der Waals surface area contributed by atoms with E-state index < -0.39 is 0 Å². The van der Waals surface area contributed by atoms with Gasteiger partial charge in [-0.3, -0.25) is 0 Å². The third-order valence-corrected chi connectivity index (χ3v) is 2.89. The highest BCUT2D eigenvalue weighted by molar-refractivity contribution is 5.64. The van der Waals surface area contributed by atoms with Crippen LogP contribution in [0.5, 0.6) is 0 Å². The lowest BCUT2D eigenvalue weighted by molar-refractivity contribution is 0.754. The third-order valence-electron chi connectivity index (χ3n) is 2.89. The Morgan fingerprint density at radius 2 is 1.83 bits per heavy atom. The normalized spacial score (nSPS) is 10.7. The average Bonchev–Trinajstić information content (AvgIpc) is 2.28. The highest BCUT2D eigenvalue weighted by Gasteiger charge is 2.06. The molecule has 0 radical (unpaired) electrons. The maximum atomic E-state index is 4.61. The van der Waals surface area contributed by atoms with Crippen LogP contribution in [0.15, 0.2) is 24.3 Å². The number of hydrogen-bond acceptors (Lipinski definition) is 3. The van der Waals surface area contributed by atoms with Crippen LogP contribution in [0.4, 0.5) is 0 Å². The number of aromatic nitrogens is 2. The summed E-state index contributed by atoms with van der Waals surface area (Å²) in [4.78, 5) is 9.03. The number of hydrogen-bond donors (Lipinski definition) is 1. The van der Waals surface area contributed by atoms with Gasteiger partial charge in [0.1, 0.15) is 5.82 Å². The molecule has 0 amide bonds. The Balaban J connectivity index is 2.49. The Kier molecular flexibility index (Phi) is 3.72. The van der Waals surface area contributed by atoms with E-state index in [4.69, 9.17) is 0 Å². The van der Waals surface area contributed by atoms with Gasteiger partial charge in [0.25, 0.3) is 0 Å². The molecule has 94 valence electrons. The highest BCUT2D eigenvalue weighted by atomic mass is 15.0. The predicted octanol–water partition coefficient (Wildman–Crippen LogP) is 2.79. The molecule has 0 fully saturated rings. The predicted molar refractivity (Wildman–Crippen MR) is 74.4 cm³/mol. The van der Waals surface area contributed by atoms with Crippen molar-refractivity contribution in [3.63, 3.8) is 0 Å². The van der Waals surface area contributed by atoms with Gasteiger partial charge < -0.3 is 5.32 Å². The summed E-state index contributed by atoms with van der Waals surface area (Å²) in [7, 11) is 1.91. The molecule has 2 aromatic rings. The van der Waals surface area contributed by atoms with Crippen molar-refractivity contribution in [1.29, 1.82) is 0 Å². The van der Waals surface area contributed by atoms with Gasteiger partial charge in [0.2, 0.25) is 0 Å². The van der Waals surface area contributed by atoms with Gasteiger partial charge in [0.15, 0.2) is 0 Å². The fourth-order valence-corrected chi connectivity index (χ4v) is 2.11. The van der Waals surface area contributed by atoms with E-state index in [0.29, 0.717) is 6.54 Å². The molecular formula is C15H19N3. The molecule has 0 aliphatic rings. The van der Waals surface area contributed by atoms with Crippen molar-refractivity contribution in [1.82, 2.24) is 15.3 Å². The molecule has 3 nitrogen and oxygen atoms in total. The average molecular weight is 241 g/mol. The molecule has 0 aliphatic carbocycles. The molecule has 0 spiro atoms. The van der Waals surface area contributed by atoms with E-state index >= 15 is 0 Å². The van der Waals surface area contributed by atoms with E-state index in [-0.39, 0.29) is 0 Å². The summed E-state index contributed by atoms with van der Waals surface area (Å²) in [5.74, 6) is 0.840. The minimum atomic E-state index is 0.694. The first kappa shape index (κ1) is 12.7. The number of rotatable bonds is 3. The Morgan fingerprint density at radius 3 is 2.50 bits per heavy atom. The van der Waals surface area contributed by atoms with E-state index in [1.165, 1.54) is 16.7 Å². The Bertz CT molecular complexity index is 562. The number of benzene rings is 1. The zero-order valence-electron chi connectivity index (χ0n) is 11.4. The minimum Gasteiger partial charge on any atom is -0.313 e. The molecule has 0 saturated carbocycles. The van der Waals surface area contributed by atoms with Crippen LogP contribution in [-0.2, 0) is 6.54 Å². The molecule has 0 atom stereocenters. The fraction of sp³-hybridized carbons (Fsp3) is 0.333. The second-order valence-corrected chi connectivity index (χ2v) is 4.66. The second-order valence-electron chi connectivity index (χ2n) is 4.66. The molecule has 1 aromatic carbocycles. The summed E-state index contributed by atoms with van der Waals surface area (Å²) in [5, 5.41) is 3.09. The van der Waals surface area contributed by atoms with Crippen molar-refractivity contribution in [3.05, 3.63) is 46.9 Å². The van der Waals surface area contributed by atoms with Gasteiger partial charge in [-0.25, -0.2) is 9.97 Å². The van der Waals surface area contributed by atoms with Gasteiger partial charge in [-0.2, -0.15) is 0 Å². The quantitative estimate of drug-likeness (QED) is 0.898. The maximum absolute atomic E-state index is 4.61. The minimum absolute atomic E-state index is 0.694. The van der Waals surface area contributed by atoms with E-state index in [9.17, 15) is 0 Å². The summed E-state index contributed by atoms with van der Waals surface area (Å²) >= 11 is 0. The molecule has 18 heavy (non-hydrogen) atoms. The van der Waals surface area contributed by atoms with Crippen LogP contribution in [-0.4, -0.2) is 17.0 Å². The van der Waals surface area contributed by atoms with E-state index in [2.05, 4.69) is 47.3 Å². The first-order valence-corrected chi connectivity index (χ1v) is 6.17. The summed E-state index contributed by atoms with van der Waals surface area (Å²) < 4.78 is 0. The van der Waals surface area contributed by atoms with E-state index in [1.807, 2.05) is 20.0 Å². The molecule has 0 aliphatic heterocycles. The van der Waals surface area contributed by atoms with Crippen molar-refractivity contribution in [2.75, 3.05) is 7.05 Å². The summed E-state index contributed by atoms with van der Waals surface area (Å²) in [6.07, 6.45) is 0. The molecule has 3 heteroatoms. The zero-order valence-corrected chi connectivity index (χ0v) is 11.4. The largest absolute Gasteiger partial charge is 0.313 e. The molecule has 0 saturated heterocycles. The lowest BCUT2D eigenvalue weighted by atomic mass is 10.0. The SMILES string of the molecule is CNCc1nc(C)cc(-c2ccc(C)cc2C)n1. The Labute approximate surface area is 108 Å². The zero-order chi connectivity index (χ0) is 13.1. The summed E-state index contributed by atoms with van der Waals surface area (Å²) in [5.41, 5.74) is 5.72. The molecule has 0 bridgehead atoms. The first-order valence-electron chi connectivity index (χ1n) is 6.17. The van der Waals surface area contributed by atoms with E-state index in [1.54, 1.807) is 0 Å². The van der Waals surface area contributed by atoms with Gasteiger partial charge >= 0.3 is 0 Å². The lowest BCUT2D eigenvalue weighted by Crippen LogP contribution is -2.10. The van der Waals surface area contributed by atoms with Crippen LogP contribution < -0.4 is 5.32 Å². The summed E-state index contributed by atoms with van der Waals surface area (Å²) in [6, 6.07) is 8.48. The lowest BCUT2D eigenvalue weighted by Gasteiger charge is -2.09. The van der Waals surface area contributed by atoms with Gasteiger partial charge in [-0.15, -0.1) is 0 Å². The van der Waals surface area contributed by atoms with Gasteiger partial charge in [-0.05, 0) is 39.4 Å². The Morgan fingerprint density at radius 1 is 1.06 bits per heavy atom. The van der Waals surface area contributed by atoms with E-state index in [0.717, 1.165) is 17.2 Å². The van der Waals surface area contributed by atoms with Crippen molar-refractivity contribution in [2.45, 2.75) is 27.3 Å². The second kappa shape index (κ2) is 5.27. The van der Waals surface area contributed by atoms with Crippen LogP contribution >= 0.6 is 0 Å². The topological polar surface area (TPSA) is 37.8 Å². The molecule has 1 aromatic heterocycles. The smallest absolute Gasteiger partial charge is 0.143 e. The van der Waals surface area contributed by atoms with Crippen molar-refractivity contribution in [3.8, 4) is 11.3 Å². The maximum Gasteiger partial charge on any atom is 0.143 e. The van der Waals surface area contributed by atoms with Crippen molar-refractivity contribution in [2.24, 2.45) is 0 Å². The summed E-state index contributed by atoms with van der Waals surface area (Å²) in [6.45, 7) is 6.93. The highest BCUT2D eigenvalue weighted by Crippen LogP contribution is 2.23. The molecule has 2 rings (SSSR count). The molecule has 0 unspecified atom stereocenters. The number of nitrogens with zero attached hydrogens (tertiary/aromatic N) is 2. The number of aryl methyl sites for hydroxylation is 3. The van der Waals surface area contributed by atoms with Crippen LogP contribution in [0.2, 0.25) is 0 Å². The third kappa shape index (κ3) is 2.74. The fourth-order valence-electron chi connectivity index (χ4n) is 2.11. The number of nitrogens with one attached hydrogen (secondary N) is 1. The molecular weight excluding hydrogens is 222 g/mol. The van der Waals surface area contributed by atoms with Crippen molar-refractivity contribution < 1.29 is 0 Å². The van der Waals surface area contributed by atoms with Gasteiger partial charge in [0.05, 0.1) is 12.2 Å². The molecule has 1 heterocycles. The van der Waals surface area contributed by atoms with Crippen LogP contribution in [0, 0.1) is 20.8 Å². The molecule has 1 N–H and O–H groups in total.